The van der Waals surface area contributed by atoms with Crippen LogP contribution >= 0.6 is 0 Å². The van der Waals surface area contributed by atoms with Crippen LogP contribution in [0.15, 0.2) is 33.8 Å². The lowest BCUT2D eigenvalue weighted by Crippen LogP contribution is -2.01. The summed E-state index contributed by atoms with van der Waals surface area (Å²) >= 11 is 0. The van der Waals surface area contributed by atoms with Gasteiger partial charge < -0.3 is 9.52 Å². The minimum Gasteiger partial charge on any atom is -0.507 e. The number of anilines is 1. The fourth-order valence-corrected chi connectivity index (χ4v) is 3.83. The van der Waals surface area contributed by atoms with Crippen LogP contribution in [0.5, 0.6) is 5.75 Å². The molecule has 4 aromatic rings. The molecule has 0 bridgehead atoms. The minimum atomic E-state index is 0.164. The molecular formula is C26H28N4O2. The van der Waals surface area contributed by atoms with Crippen molar-refractivity contribution in [2.75, 3.05) is 5.43 Å². The summed E-state index contributed by atoms with van der Waals surface area (Å²) < 4.78 is 6.16. The van der Waals surface area contributed by atoms with Gasteiger partial charge in [0.15, 0.2) is 5.58 Å². The molecule has 0 radical (unpaired) electrons. The Morgan fingerprint density at radius 2 is 1.56 bits per heavy atom. The highest BCUT2D eigenvalue weighted by Gasteiger charge is 2.21. The van der Waals surface area contributed by atoms with Crippen LogP contribution in [0.3, 0.4) is 0 Å². The first-order valence-electron chi connectivity index (χ1n) is 10.6. The third kappa shape index (κ3) is 3.62. The van der Waals surface area contributed by atoms with Gasteiger partial charge in [-0.3, -0.25) is 5.43 Å². The third-order valence-corrected chi connectivity index (χ3v) is 6.34. The zero-order chi connectivity index (χ0) is 23.2. The Balaban J connectivity index is 1.73. The molecule has 0 atom stereocenters. The van der Waals surface area contributed by atoms with E-state index in [1.165, 1.54) is 0 Å². The van der Waals surface area contributed by atoms with E-state index in [0.717, 1.165) is 50.2 Å². The second kappa shape index (κ2) is 8.11. The van der Waals surface area contributed by atoms with Crippen molar-refractivity contribution in [2.45, 2.75) is 48.5 Å². The molecule has 0 saturated carbocycles. The minimum absolute atomic E-state index is 0.164. The molecule has 2 heterocycles. The number of fused-ring (bicyclic) bond motifs is 1. The van der Waals surface area contributed by atoms with Crippen LogP contribution in [0.1, 0.15) is 44.6 Å². The van der Waals surface area contributed by atoms with Crippen molar-refractivity contribution in [1.82, 2.24) is 9.97 Å². The highest BCUT2D eigenvalue weighted by atomic mass is 16.3. The maximum atomic E-state index is 11.0. The monoisotopic (exact) mass is 428 g/mol. The second-order valence-corrected chi connectivity index (χ2v) is 8.36. The molecule has 0 aliphatic carbocycles. The summed E-state index contributed by atoms with van der Waals surface area (Å²) in [6.45, 7) is 13.9. The lowest BCUT2D eigenvalue weighted by atomic mass is 9.92. The van der Waals surface area contributed by atoms with Gasteiger partial charge in [-0.2, -0.15) is 5.10 Å². The van der Waals surface area contributed by atoms with Crippen molar-refractivity contribution < 1.29 is 9.52 Å². The number of oxazole rings is 1. The molecule has 0 amide bonds. The number of aromatic nitrogens is 2. The molecule has 2 aromatic heterocycles. The van der Waals surface area contributed by atoms with Crippen molar-refractivity contribution in [3.05, 3.63) is 68.9 Å². The number of aryl methyl sites for hydroxylation is 4. The molecule has 6 heteroatoms. The highest BCUT2D eigenvalue weighted by Crippen LogP contribution is 2.39. The number of phenols is 1. The predicted molar refractivity (Wildman–Crippen MR) is 130 cm³/mol. The zero-order valence-electron chi connectivity index (χ0n) is 19.6. The Bertz CT molecular complexity index is 1350. The number of aromatic hydroxyl groups is 1. The summed E-state index contributed by atoms with van der Waals surface area (Å²) in [4.78, 5) is 9.17. The molecule has 2 aromatic carbocycles. The van der Waals surface area contributed by atoms with Crippen molar-refractivity contribution in [3.8, 4) is 17.2 Å². The van der Waals surface area contributed by atoms with Crippen molar-refractivity contribution in [3.63, 3.8) is 0 Å². The van der Waals surface area contributed by atoms with Gasteiger partial charge >= 0.3 is 0 Å². The average molecular weight is 429 g/mol. The molecule has 6 nitrogen and oxygen atoms in total. The van der Waals surface area contributed by atoms with E-state index in [0.29, 0.717) is 22.8 Å². The number of rotatable bonds is 4. The van der Waals surface area contributed by atoms with E-state index in [1.807, 2.05) is 65.8 Å². The largest absolute Gasteiger partial charge is 0.507 e. The van der Waals surface area contributed by atoms with E-state index >= 15 is 0 Å². The maximum Gasteiger partial charge on any atom is 0.228 e. The molecule has 0 saturated heterocycles. The highest BCUT2D eigenvalue weighted by molar-refractivity contribution is 5.91. The van der Waals surface area contributed by atoms with Crippen molar-refractivity contribution in [2.24, 2.45) is 5.10 Å². The zero-order valence-corrected chi connectivity index (χ0v) is 19.6. The summed E-state index contributed by atoms with van der Waals surface area (Å²) in [5.74, 6) is 1.34. The smallest absolute Gasteiger partial charge is 0.228 e. The van der Waals surface area contributed by atoms with Crippen LogP contribution in [0.25, 0.3) is 22.6 Å². The fraction of sp³-hybridized carbons (Fsp3) is 0.269. The molecule has 2 N–H and O–H groups in total. The Morgan fingerprint density at radius 1 is 0.844 bits per heavy atom. The summed E-state index contributed by atoms with van der Waals surface area (Å²) in [6, 6.07) is 7.89. The first-order chi connectivity index (χ1) is 15.2. The molecule has 0 aliphatic rings. The number of hydrogen-bond donors (Lipinski definition) is 2. The van der Waals surface area contributed by atoms with Crippen LogP contribution in [-0.4, -0.2) is 21.3 Å². The van der Waals surface area contributed by atoms with Gasteiger partial charge in [0, 0.05) is 22.4 Å². The van der Waals surface area contributed by atoms with Crippen LogP contribution in [0.4, 0.5) is 5.82 Å². The number of hydrogen-bond acceptors (Lipinski definition) is 6. The van der Waals surface area contributed by atoms with Gasteiger partial charge in [0.25, 0.3) is 0 Å². The molecule has 164 valence electrons. The Hall–Kier alpha value is -3.67. The van der Waals surface area contributed by atoms with E-state index in [1.54, 1.807) is 6.21 Å². The second-order valence-electron chi connectivity index (χ2n) is 8.36. The van der Waals surface area contributed by atoms with Gasteiger partial charge in [0.05, 0.1) is 6.21 Å². The standard InChI is InChI=1S/C26H28N4O2/c1-13-8-10-21-25(15(13)3)32-26(29-21)23-17(5)16(4)20(24(31)18(23)6)12-27-30-22-11-9-14(2)19(7)28-22/h8-12,31H,1-7H3,(H,28,30)/b27-12-. The Labute approximate surface area is 188 Å². The summed E-state index contributed by atoms with van der Waals surface area (Å²) in [7, 11) is 0. The van der Waals surface area contributed by atoms with Crippen LogP contribution in [0.2, 0.25) is 0 Å². The Kier molecular flexibility index (Phi) is 5.46. The van der Waals surface area contributed by atoms with E-state index in [-0.39, 0.29) is 5.75 Å². The van der Waals surface area contributed by atoms with Gasteiger partial charge in [-0.25, -0.2) is 9.97 Å². The SMILES string of the molecule is Cc1ccc(N/N=C\c2c(C)c(C)c(-c3nc4ccc(C)c(C)c4o3)c(C)c2O)nc1C. The van der Waals surface area contributed by atoms with E-state index in [4.69, 9.17) is 9.40 Å². The quantitative estimate of drug-likeness (QED) is 0.299. The summed E-state index contributed by atoms with van der Waals surface area (Å²) in [5, 5.41) is 15.3. The molecule has 4 rings (SSSR count). The number of pyridine rings is 1. The topological polar surface area (TPSA) is 83.5 Å². The number of hydrazone groups is 1. The lowest BCUT2D eigenvalue weighted by Gasteiger charge is -2.15. The van der Waals surface area contributed by atoms with Crippen molar-refractivity contribution >= 4 is 23.1 Å². The van der Waals surface area contributed by atoms with Gasteiger partial charge in [-0.1, -0.05) is 12.1 Å². The molecule has 0 aliphatic heterocycles. The molecule has 0 fully saturated rings. The number of nitrogens with zero attached hydrogens (tertiary/aromatic N) is 3. The molecular weight excluding hydrogens is 400 g/mol. The van der Waals surface area contributed by atoms with Gasteiger partial charge in [-0.15, -0.1) is 0 Å². The van der Waals surface area contributed by atoms with Gasteiger partial charge in [0.2, 0.25) is 5.89 Å². The van der Waals surface area contributed by atoms with E-state index < -0.39 is 0 Å². The van der Waals surface area contributed by atoms with Gasteiger partial charge in [-0.05, 0) is 88.4 Å². The number of benzene rings is 2. The molecule has 0 spiro atoms. The van der Waals surface area contributed by atoms with Crippen LogP contribution in [-0.2, 0) is 0 Å². The number of phenolic OH excluding ortho intramolecular Hbond substituents is 1. The third-order valence-electron chi connectivity index (χ3n) is 6.34. The fourth-order valence-electron chi connectivity index (χ4n) is 3.83. The normalized spacial score (nSPS) is 11.6. The average Bonchev–Trinajstić information content (AvgIpc) is 3.19. The maximum absolute atomic E-state index is 11.0. The number of nitrogens with one attached hydrogen (secondary N) is 1. The summed E-state index contributed by atoms with van der Waals surface area (Å²) in [6.07, 6.45) is 1.63. The van der Waals surface area contributed by atoms with E-state index in [9.17, 15) is 5.11 Å². The summed E-state index contributed by atoms with van der Waals surface area (Å²) in [5.41, 5.74) is 12.9. The predicted octanol–water partition coefficient (Wildman–Crippen LogP) is 6.20. The lowest BCUT2D eigenvalue weighted by molar-refractivity contribution is 0.469. The van der Waals surface area contributed by atoms with Crippen LogP contribution < -0.4 is 5.43 Å². The first kappa shape index (κ1) is 21.6. The first-order valence-corrected chi connectivity index (χ1v) is 10.6. The molecule has 0 unspecified atom stereocenters. The van der Waals surface area contributed by atoms with Crippen LogP contribution in [0, 0.1) is 48.5 Å². The van der Waals surface area contributed by atoms with Crippen molar-refractivity contribution in [1.29, 1.82) is 0 Å². The van der Waals surface area contributed by atoms with E-state index in [2.05, 4.69) is 22.4 Å². The van der Waals surface area contributed by atoms with Gasteiger partial charge in [0.1, 0.15) is 17.1 Å². The Morgan fingerprint density at radius 3 is 2.28 bits per heavy atom. The molecule has 32 heavy (non-hydrogen) atoms.